The van der Waals surface area contributed by atoms with Crippen LogP contribution >= 0.6 is 0 Å². The standard InChI is InChI=1S/C28H31FN8/c1-37(2)12-11-31-21-14-19(13-20(29)16-21)25-27-24(7-10-32-25)33-28(34-27)26-22-15-18(3-4-23(22)35-36-26)17-5-8-30-9-6-17/h3-4,7,10,13-17,30-31H,5-6,8-9,11-12H2,1-2H3,(H,33,34)(H,35,36). The molecule has 8 nitrogen and oxygen atoms in total. The number of halogens is 1. The van der Waals surface area contributed by atoms with Gasteiger partial charge in [-0.3, -0.25) is 10.1 Å². The molecule has 0 saturated carbocycles. The predicted molar refractivity (Wildman–Crippen MR) is 146 cm³/mol. The number of likely N-dealkylation sites (N-methyl/N-ethyl adjacent to an activating group) is 1. The van der Waals surface area contributed by atoms with E-state index in [1.165, 1.54) is 17.7 Å². The highest BCUT2D eigenvalue weighted by molar-refractivity contribution is 5.96. The van der Waals surface area contributed by atoms with E-state index in [4.69, 9.17) is 4.98 Å². The fraction of sp³-hybridized carbons (Fsp3) is 0.321. The molecule has 0 spiro atoms. The molecular formula is C28H31FN8. The van der Waals surface area contributed by atoms with Crippen molar-refractivity contribution in [2.45, 2.75) is 18.8 Å². The number of anilines is 1. The summed E-state index contributed by atoms with van der Waals surface area (Å²) in [5.74, 6) is 0.898. The van der Waals surface area contributed by atoms with Crippen LogP contribution in [0.2, 0.25) is 0 Å². The van der Waals surface area contributed by atoms with Gasteiger partial charge in [0.25, 0.3) is 0 Å². The van der Waals surface area contributed by atoms with Crippen LogP contribution in [0.15, 0.2) is 48.7 Å². The van der Waals surface area contributed by atoms with Gasteiger partial charge in [-0.2, -0.15) is 5.10 Å². The molecule has 1 fully saturated rings. The second kappa shape index (κ2) is 9.91. The number of nitrogens with one attached hydrogen (secondary N) is 4. The van der Waals surface area contributed by atoms with E-state index in [1.54, 1.807) is 6.20 Å². The predicted octanol–water partition coefficient (Wildman–Crippen LogP) is 4.75. The van der Waals surface area contributed by atoms with Gasteiger partial charge in [0.15, 0.2) is 5.82 Å². The van der Waals surface area contributed by atoms with Gasteiger partial charge in [-0.25, -0.2) is 9.37 Å². The fourth-order valence-corrected chi connectivity index (χ4v) is 5.13. The van der Waals surface area contributed by atoms with Gasteiger partial charge in [-0.15, -0.1) is 0 Å². The quantitative estimate of drug-likeness (QED) is 0.259. The number of benzene rings is 2. The maximum Gasteiger partial charge on any atom is 0.159 e. The lowest BCUT2D eigenvalue weighted by molar-refractivity contribution is 0.425. The number of aromatic amines is 2. The largest absolute Gasteiger partial charge is 0.384 e. The molecule has 6 rings (SSSR count). The van der Waals surface area contributed by atoms with Crippen LogP contribution in [0.3, 0.4) is 0 Å². The molecule has 5 aromatic rings. The number of nitrogens with zero attached hydrogens (tertiary/aromatic N) is 4. The van der Waals surface area contributed by atoms with Gasteiger partial charge in [0.2, 0.25) is 0 Å². The van der Waals surface area contributed by atoms with Gasteiger partial charge in [-0.05, 0) is 87.9 Å². The minimum absolute atomic E-state index is 0.317. The number of piperidine rings is 1. The number of H-pyrrole nitrogens is 2. The summed E-state index contributed by atoms with van der Waals surface area (Å²) in [5, 5.41) is 15.5. The Bertz CT molecular complexity index is 1550. The smallest absolute Gasteiger partial charge is 0.159 e. The van der Waals surface area contributed by atoms with Crippen molar-refractivity contribution in [2.24, 2.45) is 0 Å². The van der Waals surface area contributed by atoms with Crippen molar-refractivity contribution in [3.63, 3.8) is 0 Å². The van der Waals surface area contributed by atoms with Crippen LogP contribution in [0.25, 0.3) is 44.7 Å². The summed E-state index contributed by atoms with van der Waals surface area (Å²) in [6, 6.07) is 13.4. The summed E-state index contributed by atoms with van der Waals surface area (Å²) in [6.07, 6.45) is 4.00. The summed E-state index contributed by atoms with van der Waals surface area (Å²) >= 11 is 0. The third kappa shape index (κ3) is 4.80. The molecule has 3 aromatic heterocycles. The van der Waals surface area contributed by atoms with E-state index in [1.807, 2.05) is 26.2 Å². The van der Waals surface area contributed by atoms with Crippen LogP contribution in [-0.4, -0.2) is 70.3 Å². The number of hydrogen-bond donors (Lipinski definition) is 4. The molecule has 1 aliphatic heterocycles. The van der Waals surface area contributed by atoms with E-state index in [9.17, 15) is 4.39 Å². The lowest BCUT2D eigenvalue weighted by Gasteiger charge is -2.23. The minimum atomic E-state index is -0.317. The Morgan fingerprint density at radius 2 is 1.89 bits per heavy atom. The summed E-state index contributed by atoms with van der Waals surface area (Å²) in [4.78, 5) is 15.0. The second-order valence-corrected chi connectivity index (χ2v) is 10.0. The molecule has 190 valence electrons. The Morgan fingerprint density at radius 1 is 1.03 bits per heavy atom. The van der Waals surface area contributed by atoms with Gasteiger partial charge in [0.1, 0.15) is 17.0 Å². The van der Waals surface area contributed by atoms with Crippen molar-refractivity contribution < 1.29 is 4.39 Å². The van der Waals surface area contributed by atoms with Crippen molar-refractivity contribution in [1.82, 2.24) is 35.4 Å². The number of rotatable bonds is 7. The lowest BCUT2D eigenvalue weighted by atomic mass is 9.89. The molecule has 1 saturated heterocycles. The second-order valence-electron chi connectivity index (χ2n) is 10.0. The van der Waals surface area contributed by atoms with Crippen LogP contribution in [0.4, 0.5) is 10.1 Å². The van der Waals surface area contributed by atoms with Gasteiger partial charge in [0, 0.05) is 35.9 Å². The summed E-state index contributed by atoms with van der Waals surface area (Å²) in [6.45, 7) is 3.66. The highest BCUT2D eigenvalue weighted by Gasteiger charge is 2.19. The van der Waals surface area contributed by atoms with E-state index in [0.717, 1.165) is 60.3 Å². The maximum atomic E-state index is 14.6. The van der Waals surface area contributed by atoms with E-state index in [-0.39, 0.29) is 5.82 Å². The molecule has 4 N–H and O–H groups in total. The third-order valence-electron chi connectivity index (χ3n) is 7.08. The zero-order valence-corrected chi connectivity index (χ0v) is 21.1. The van der Waals surface area contributed by atoms with Gasteiger partial charge in [-0.1, -0.05) is 6.07 Å². The Hall–Kier alpha value is -3.82. The Labute approximate surface area is 214 Å². The van der Waals surface area contributed by atoms with Gasteiger partial charge >= 0.3 is 0 Å². The van der Waals surface area contributed by atoms with Crippen molar-refractivity contribution in [3.8, 4) is 22.8 Å². The number of imidazole rings is 1. The highest BCUT2D eigenvalue weighted by Crippen LogP contribution is 2.34. The number of aromatic nitrogens is 5. The molecule has 2 aromatic carbocycles. The Kier molecular flexibility index (Phi) is 6.31. The normalized spacial score (nSPS) is 14.7. The fourth-order valence-electron chi connectivity index (χ4n) is 5.13. The molecule has 0 unspecified atom stereocenters. The third-order valence-corrected chi connectivity index (χ3v) is 7.08. The molecule has 0 aliphatic carbocycles. The van der Waals surface area contributed by atoms with Crippen molar-refractivity contribution in [1.29, 1.82) is 0 Å². The summed E-state index contributed by atoms with van der Waals surface area (Å²) in [7, 11) is 4.02. The van der Waals surface area contributed by atoms with Crippen LogP contribution in [0.5, 0.6) is 0 Å². The molecule has 1 aliphatic rings. The van der Waals surface area contributed by atoms with Crippen LogP contribution in [0, 0.1) is 5.82 Å². The average molecular weight is 499 g/mol. The van der Waals surface area contributed by atoms with Crippen LogP contribution in [0.1, 0.15) is 24.3 Å². The molecule has 37 heavy (non-hydrogen) atoms. The maximum absolute atomic E-state index is 14.6. The molecular weight excluding hydrogens is 467 g/mol. The van der Waals surface area contributed by atoms with E-state index in [0.29, 0.717) is 35.1 Å². The molecule has 0 bridgehead atoms. The van der Waals surface area contributed by atoms with Crippen molar-refractivity contribution >= 4 is 27.6 Å². The lowest BCUT2D eigenvalue weighted by Crippen LogP contribution is -2.26. The number of fused-ring (bicyclic) bond motifs is 2. The topological polar surface area (TPSA) is 97.5 Å². The monoisotopic (exact) mass is 498 g/mol. The molecule has 0 radical (unpaired) electrons. The van der Waals surface area contributed by atoms with Crippen molar-refractivity contribution in [3.05, 3.63) is 60.0 Å². The first kappa shape index (κ1) is 23.6. The summed E-state index contributed by atoms with van der Waals surface area (Å²) in [5.41, 5.74) is 6.63. The van der Waals surface area contributed by atoms with E-state index < -0.39 is 0 Å². The Balaban J connectivity index is 1.37. The number of hydrogen-bond acceptors (Lipinski definition) is 6. The average Bonchev–Trinajstić information content (AvgIpc) is 3.52. The Morgan fingerprint density at radius 3 is 2.73 bits per heavy atom. The van der Waals surface area contributed by atoms with Crippen LogP contribution in [-0.2, 0) is 0 Å². The van der Waals surface area contributed by atoms with Crippen LogP contribution < -0.4 is 10.6 Å². The minimum Gasteiger partial charge on any atom is -0.384 e. The number of pyridine rings is 1. The van der Waals surface area contributed by atoms with Gasteiger partial charge < -0.3 is 20.5 Å². The molecule has 0 atom stereocenters. The zero-order valence-electron chi connectivity index (χ0n) is 21.1. The highest BCUT2D eigenvalue weighted by atomic mass is 19.1. The molecule has 0 amide bonds. The first-order chi connectivity index (χ1) is 18.0. The first-order valence-corrected chi connectivity index (χ1v) is 12.8. The SMILES string of the molecule is CN(C)CCNc1cc(F)cc(-c2nccc3[nH]c(-c4n[nH]c5ccc(C6CCNCC6)cc45)nc23)c1. The van der Waals surface area contributed by atoms with Crippen molar-refractivity contribution in [2.75, 3.05) is 45.6 Å². The van der Waals surface area contributed by atoms with E-state index >= 15 is 0 Å². The van der Waals surface area contributed by atoms with Gasteiger partial charge in [0.05, 0.1) is 16.7 Å². The summed E-state index contributed by atoms with van der Waals surface area (Å²) < 4.78 is 14.6. The zero-order chi connectivity index (χ0) is 25.4. The van der Waals surface area contributed by atoms with E-state index in [2.05, 4.69) is 53.9 Å². The molecule has 9 heteroatoms. The molecule has 4 heterocycles. The first-order valence-electron chi connectivity index (χ1n) is 12.8.